The first-order chi connectivity index (χ1) is 8.17. The van der Waals surface area contributed by atoms with Crippen LogP contribution in [-0.2, 0) is 14.3 Å². The van der Waals surface area contributed by atoms with Gasteiger partial charge in [-0.3, -0.25) is 4.79 Å². The van der Waals surface area contributed by atoms with Crippen molar-refractivity contribution in [2.24, 2.45) is 0 Å². The molecule has 96 valence electrons. The summed E-state index contributed by atoms with van der Waals surface area (Å²) in [5.74, 6) is -0.874. The molecule has 5 heteroatoms. The molecule has 1 atom stereocenters. The largest absolute Gasteiger partial charge is 0.467 e. The third kappa shape index (κ3) is 4.56. The van der Waals surface area contributed by atoms with Gasteiger partial charge in [-0.05, 0) is 25.7 Å². The van der Waals surface area contributed by atoms with Gasteiger partial charge in [0.05, 0.1) is 13.7 Å². The van der Waals surface area contributed by atoms with Crippen LogP contribution >= 0.6 is 0 Å². The van der Waals surface area contributed by atoms with Crippen molar-refractivity contribution in [3.05, 3.63) is 11.6 Å². The second kappa shape index (κ2) is 7.06. The Morgan fingerprint density at radius 3 is 2.82 bits per heavy atom. The van der Waals surface area contributed by atoms with E-state index in [2.05, 4.69) is 16.1 Å². The Balaban J connectivity index is 2.42. The van der Waals surface area contributed by atoms with Crippen molar-refractivity contribution in [3.8, 4) is 0 Å². The number of rotatable bonds is 5. The number of carbonyl (C=O) groups excluding carboxylic acids is 2. The second-order valence-electron chi connectivity index (χ2n) is 4.11. The molecule has 1 aliphatic rings. The summed E-state index contributed by atoms with van der Waals surface area (Å²) in [6, 6.07) is -0.961. The molecule has 1 rings (SSSR count). The van der Waals surface area contributed by atoms with E-state index < -0.39 is 18.6 Å². The second-order valence-corrected chi connectivity index (χ2v) is 4.11. The summed E-state index contributed by atoms with van der Waals surface area (Å²) < 4.78 is 4.47. The van der Waals surface area contributed by atoms with Crippen molar-refractivity contribution in [1.29, 1.82) is 0 Å². The molecule has 0 aromatic rings. The number of allylic oxidation sites excluding steroid dienone is 1. The summed E-state index contributed by atoms with van der Waals surface area (Å²) >= 11 is 0. The number of esters is 1. The van der Waals surface area contributed by atoms with Crippen LogP contribution in [0.4, 0.5) is 0 Å². The topological polar surface area (TPSA) is 75.6 Å². The van der Waals surface area contributed by atoms with E-state index in [1.807, 2.05) is 0 Å². The fourth-order valence-electron chi connectivity index (χ4n) is 1.84. The normalized spacial score (nSPS) is 16.9. The monoisotopic (exact) mass is 241 g/mol. The zero-order valence-corrected chi connectivity index (χ0v) is 10.1. The van der Waals surface area contributed by atoms with Crippen molar-refractivity contribution in [1.82, 2.24) is 5.32 Å². The van der Waals surface area contributed by atoms with Gasteiger partial charge in [0, 0.05) is 6.42 Å². The van der Waals surface area contributed by atoms with E-state index in [9.17, 15) is 9.59 Å². The van der Waals surface area contributed by atoms with Gasteiger partial charge in [-0.15, -0.1) is 0 Å². The highest BCUT2D eigenvalue weighted by Crippen LogP contribution is 2.19. The first-order valence-electron chi connectivity index (χ1n) is 5.83. The Morgan fingerprint density at radius 2 is 2.29 bits per heavy atom. The molecule has 1 aliphatic carbocycles. The Bertz CT molecular complexity index is 312. The van der Waals surface area contributed by atoms with Crippen LogP contribution in [-0.4, -0.2) is 36.7 Å². The zero-order chi connectivity index (χ0) is 12.7. The lowest BCUT2D eigenvalue weighted by molar-refractivity contribution is -0.146. The molecular formula is C12H19NO4. The maximum absolute atomic E-state index is 11.6. The Labute approximate surface area is 101 Å². The maximum Gasteiger partial charge on any atom is 0.330 e. The molecule has 1 unspecified atom stereocenters. The maximum atomic E-state index is 11.6. The first kappa shape index (κ1) is 13.7. The molecule has 0 radical (unpaired) electrons. The van der Waals surface area contributed by atoms with Crippen LogP contribution in [0, 0.1) is 0 Å². The molecule has 17 heavy (non-hydrogen) atoms. The van der Waals surface area contributed by atoms with Crippen LogP contribution < -0.4 is 5.32 Å². The Hall–Kier alpha value is -1.36. The number of nitrogens with one attached hydrogen (secondary N) is 1. The SMILES string of the molecule is COC(=O)C(CO)NC(=O)CC1=CCCCC1. The Kier molecular flexibility index (Phi) is 5.69. The zero-order valence-electron chi connectivity index (χ0n) is 10.1. The highest BCUT2D eigenvalue weighted by Gasteiger charge is 2.20. The lowest BCUT2D eigenvalue weighted by atomic mass is 9.97. The minimum Gasteiger partial charge on any atom is -0.467 e. The molecule has 0 saturated heterocycles. The smallest absolute Gasteiger partial charge is 0.330 e. The molecule has 0 heterocycles. The number of methoxy groups -OCH3 is 1. The molecule has 0 saturated carbocycles. The van der Waals surface area contributed by atoms with Crippen molar-refractivity contribution in [2.45, 2.75) is 38.1 Å². The van der Waals surface area contributed by atoms with E-state index in [1.165, 1.54) is 13.5 Å². The molecule has 0 bridgehead atoms. The number of aliphatic hydroxyl groups is 1. The molecule has 1 amide bonds. The van der Waals surface area contributed by atoms with Gasteiger partial charge in [0.25, 0.3) is 0 Å². The van der Waals surface area contributed by atoms with E-state index in [-0.39, 0.29) is 5.91 Å². The lowest BCUT2D eigenvalue weighted by Gasteiger charge is -2.16. The van der Waals surface area contributed by atoms with Gasteiger partial charge < -0.3 is 15.2 Å². The van der Waals surface area contributed by atoms with Gasteiger partial charge in [0.15, 0.2) is 6.04 Å². The number of hydrogen-bond acceptors (Lipinski definition) is 4. The van der Waals surface area contributed by atoms with Crippen LogP contribution in [0.5, 0.6) is 0 Å². The number of ether oxygens (including phenoxy) is 1. The fourth-order valence-corrected chi connectivity index (χ4v) is 1.84. The highest BCUT2D eigenvalue weighted by molar-refractivity contribution is 5.85. The minimum absolute atomic E-state index is 0.248. The molecule has 2 N–H and O–H groups in total. The number of carbonyl (C=O) groups is 2. The minimum atomic E-state index is -0.961. The van der Waals surface area contributed by atoms with Crippen molar-refractivity contribution < 1.29 is 19.4 Å². The predicted molar refractivity (Wildman–Crippen MR) is 62.2 cm³/mol. The third-order valence-corrected chi connectivity index (χ3v) is 2.78. The molecular weight excluding hydrogens is 222 g/mol. The third-order valence-electron chi connectivity index (χ3n) is 2.78. The summed E-state index contributed by atoms with van der Waals surface area (Å²) in [6.07, 6.45) is 6.62. The van der Waals surface area contributed by atoms with E-state index in [0.29, 0.717) is 6.42 Å². The van der Waals surface area contributed by atoms with E-state index in [4.69, 9.17) is 5.11 Å². The van der Waals surface area contributed by atoms with Crippen LogP contribution in [0.2, 0.25) is 0 Å². The van der Waals surface area contributed by atoms with E-state index in [1.54, 1.807) is 0 Å². The number of hydrogen-bond donors (Lipinski definition) is 2. The quantitative estimate of drug-likeness (QED) is 0.543. The number of amides is 1. The summed E-state index contributed by atoms with van der Waals surface area (Å²) in [5.41, 5.74) is 1.11. The molecule has 5 nitrogen and oxygen atoms in total. The van der Waals surface area contributed by atoms with E-state index >= 15 is 0 Å². The van der Waals surface area contributed by atoms with Crippen molar-refractivity contribution in [3.63, 3.8) is 0 Å². The van der Waals surface area contributed by atoms with Crippen LogP contribution in [0.3, 0.4) is 0 Å². The summed E-state index contributed by atoms with van der Waals surface area (Å²) in [4.78, 5) is 22.8. The van der Waals surface area contributed by atoms with Crippen molar-refractivity contribution in [2.75, 3.05) is 13.7 Å². The summed E-state index contributed by atoms with van der Waals surface area (Å²) in [7, 11) is 1.22. The van der Waals surface area contributed by atoms with Gasteiger partial charge in [-0.2, -0.15) is 0 Å². The van der Waals surface area contributed by atoms with Gasteiger partial charge in [-0.1, -0.05) is 11.6 Å². The van der Waals surface area contributed by atoms with Gasteiger partial charge in [-0.25, -0.2) is 4.79 Å². The standard InChI is InChI=1S/C12H19NO4/c1-17-12(16)10(8-14)13-11(15)7-9-5-3-2-4-6-9/h5,10,14H,2-4,6-8H2,1H3,(H,13,15). The Morgan fingerprint density at radius 1 is 1.53 bits per heavy atom. The number of aliphatic hydroxyl groups excluding tert-OH is 1. The summed E-state index contributed by atoms with van der Waals surface area (Å²) in [6.45, 7) is -0.447. The molecule has 0 spiro atoms. The predicted octanol–water partition coefficient (Wildman–Crippen LogP) is 0.527. The molecule has 0 aliphatic heterocycles. The van der Waals surface area contributed by atoms with Gasteiger partial charge >= 0.3 is 5.97 Å². The molecule has 0 aromatic heterocycles. The molecule has 0 fully saturated rings. The first-order valence-corrected chi connectivity index (χ1v) is 5.83. The van der Waals surface area contributed by atoms with Gasteiger partial charge in [0.1, 0.15) is 0 Å². The van der Waals surface area contributed by atoms with Crippen LogP contribution in [0.25, 0.3) is 0 Å². The highest BCUT2D eigenvalue weighted by atomic mass is 16.5. The summed E-state index contributed by atoms with van der Waals surface area (Å²) in [5, 5.41) is 11.4. The van der Waals surface area contributed by atoms with Crippen molar-refractivity contribution >= 4 is 11.9 Å². The van der Waals surface area contributed by atoms with Crippen LogP contribution in [0.15, 0.2) is 11.6 Å². The lowest BCUT2D eigenvalue weighted by Crippen LogP contribution is -2.44. The fraction of sp³-hybridized carbons (Fsp3) is 0.667. The van der Waals surface area contributed by atoms with Gasteiger partial charge in [0.2, 0.25) is 5.91 Å². The van der Waals surface area contributed by atoms with Crippen LogP contribution in [0.1, 0.15) is 32.1 Å². The molecule has 0 aromatic carbocycles. The average molecular weight is 241 g/mol. The van der Waals surface area contributed by atoms with E-state index in [0.717, 1.165) is 24.8 Å². The average Bonchev–Trinajstić information content (AvgIpc) is 2.36.